The lowest BCUT2D eigenvalue weighted by Gasteiger charge is -1.98. The molecule has 0 spiro atoms. The Morgan fingerprint density at radius 3 is 1.54 bits per heavy atom. The van der Waals surface area contributed by atoms with Gasteiger partial charge in [0.05, 0.1) is 6.61 Å². The Bertz CT molecular complexity index is 490. The van der Waals surface area contributed by atoms with Crippen LogP contribution in [-0.4, -0.2) is 12.6 Å². The van der Waals surface area contributed by atoms with Crippen molar-refractivity contribution in [1.82, 2.24) is 0 Å². The molecule has 2 nitrogen and oxygen atoms in total. The number of hydrogen-bond acceptors (Lipinski definition) is 2. The normalized spacial score (nSPS) is 12.8. The van der Waals surface area contributed by atoms with Crippen LogP contribution in [0.25, 0.3) is 0 Å². The molecular weight excluding hydrogens is 320 g/mol. The first kappa shape index (κ1) is 23.9. The number of ether oxygens (including phenoxy) is 1. The summed E-state index contributed by atoms with van der Waals surface area (Å²) in [5, 5.41) is 0. The van der Waals surface area contributed by atoms with E-state index in [0.29, 0.717) is 13.0 Å². The van der Waals surface area contributed by atoms with Crippen LogP contribution >= 0.6 is 0 Å². The van der Waals surface area contributed by atoms with Crippen molar-refractivity contribution in [3.8, 4) is 0 Å². The largest absolute Gasteiger partial charge is 0.466 e. The first-order chi connectivity index (χ1) is 12.8. The van der Waals surface area contributed by atoms with Crippen LogP contribution in [-0.2, 0) is 9.53 Å². The van der Waals surface area contributed by atoms with Gasteiger partial charge in [0.25, 0.3) is 0 Å². The molecule has 0 aromatic carbocycles. The number of carbonyl (C=O) groups is 1. The summed E-state index contributed by atoms with van der Waals surface area (Å²) in [4.78, 5) is 11.2. The van der Waals surface area contributed by atoms with Crippen molar-refractivity contribution in [3.63, 3.8) is 0 Å². The van der Waals surface area contributed by atoms with Crippen molar-refractivity contribution in [2.45, 2.75) is 65.2 Å². The lowest BCUT2D eigenvalue weighted by Crippen LogP contribution is -2.02. The monoisotopic (exact) mass is 356 g/mol. The maximum Gasteiger partial charge on any atom is 0.305 e. The highest BCUT2D eigenvalue weighted by Gasteiger charge is 1.98. The molecular formula is C24H36O2. The first-order valence-electron chi connectivity index (χ1n) is 9.83. The molecule has 0 aromatic heterocycles. The van der Waals surface area contributed by atoms with E-state index in [9.17, 15) is 4.79 Å². The zero-order valence-corrected chi connectivity index (χ0v) is 16.6. The van der Waals surface area contributed by atoms with Crippen LogP contribution in [0.4, 0.5) is 0 Å². The van der Waals surface area contributed by atoms with E-state index in [2.05, 4.69) is 72.9 Å². The maximum atomic E-state index is 11.2. The molecule has 26 heavy (non-hydrogen) atoms. The van der Waals surface area contributed by atoms with Gasteiger partial charge < -0.3 is 4.74 Å². The minimum absolute atomic E-state index is 0.0942. The summed E-state index contributed by atoms with van der Waals surface area (Å²) in [7, 11) is 0. The number of hydrogen-bond donors (Lipinski definition) is 0. The smallest absolute Gasteiger partial charge is 0.305 e. The average Bonchev–Trinajstić information content (AvgIpc) is 2.64. The molecule has 0 heterocycles. The van der Waals surface area contributed by atoms with Crippen LogP contribution in [0, 0.1) is 0 Å². The lowest BCUT2D eigenvalue weighted by molar-refractivity contribution is -0.143. The van der Waals surface area contributed by atoms with Crippen LogP contribution in [0.3, 0.4) is 0 Å². The summed E-state index contributed by atoms with van der Waals surface area (Å²) in [6, 6.07) is 0. The number of carbonyl (C=O) groups excluding carboxylic acids is 1. The summed E-state index contributed by atoms with van der Waals surface area (Å²) >= 11 is 0. The molecule has 0 rings (SSSR count). The zero-order chi connectivity index (χ0) is 19.1. The van der Waals surface area contributed by atoms with Crippen LogP contribution in [0.15, 0.2) is 72.9 Å². The SMILES string of the molecule is C/C=C\C/C=C\C/C=C\C/C=C\C/C=C\C/C=C\CCCC(=O)OCC. The molecule has 0 aliphatic rings. The predicted molar refractivity (Wildman–Crippen MR) is 114 cm³/mol. The second-order valence-corrected chi connectivity index (χ2v) is 5.80. The third-order valence-electron chi connectivity index (χ3n) is 3.49. The van der Waals surface area contributed by atoms with Gasteiger partial charge in [-0.2, -0.15) is 0 Å². The number of esters is 1. The van der Waals surface area contributed by atoms with Gasteiger partial charge in [0.15, 0.2) is 0 Å². The topological polar surface area (TPSA) is 26.3 Å². The molecule has 0 saturated carbocycles. The van der Waals surface area contributed by atoms with Crippen LogP contribution in [0.2, 0.25) is 0 Å². The van der Waals surface area contributed by atoms with Gasteiger partial charge in [-0.1, -0.05) is 72.9 Å². The maximum absolute atomic E-state index is 11.2. The quantitative estimate of drug-likeness (QED) is 0.179. The van der Waals surface area contributed by atoms with E-state index in [4.69, 9.17) is 4.74 Å². The Hall–Kier alpha value is -2.09. The molecule has 144 valence electrons. The Morgan fingerprint density at radius 2 is 1.12 bits per heavy atom. The number of unbranched alkanes of at least 4 members (excludes halogenated alkanes) is 1. The zero-order valence-electron chi connectivity index (χ0n) is 16.6. The highest BCUT2D eigenvalue weighted by Crippen LogP contribution is 2.00. The highest BCUT2D eigenvalue weighted by molar-refractivity contribution is 5.69. The second-order valence-electron chi connectivity index (χ2n) is 5.80. The van der Waals surface area contributed by atoms with Gasteiger partial charge in [-0.05, 0) is 58.8 Å². The van der Waals surface area contributed by atoms with Gasteiger partial charge in [-0.15, -0.1) is 0 Å². The fourth-order valence-electron chi connectivity index (χ4n) is 2.11. The molecule has 0 fully saturated rings. The summed E-state index contributed by atoms with van der Waals surface area (Å²) in [6.07, 6.45) is 33.4. The fourth-order valence-corrected chi connectivity index (χ4v) is 2.11. The van der Waals surface area contributed by atoms with Gasteiger partial charge in [-0.3, -0.25) is 4.79 Å². The molecule has 0 aliphatic heterocycles. The van der Waals surface area contributed by atoms with Crippen molar-refractivity contribution >= 4 is 5.97 Å². The molecule has 0 unspecified atom stereocenters. The Morgan fingerprint density at radius 1 is 0.692 bits per heavy atom. The molecule has 0 aliphatic carbocycles. The minimum atomic E-state index is -0.0942. The molecule has 0 amide bonds. The van der Waals surface area contributed by atoms with Gasteiger partial charge in [0, 0.05) is 6.42 Å². The van der Waals surface area contributed by atoms with Crippen LogP contribution in [0.5, 0.6) is 0 Å². The molecule has 0 N–H and O–H groups in total. The van der Waals surface area contributed by atoms with Gasteiger partial charge >= 0.3 is 5.97 Å². The molecule has 2 heteroatoms. The summed E-state index contributed by atoms with van der Waals surface area (Å²) < 4.78 is 4.89. The number of rotatable bonds is 15. The van der Waals surface area contributed by atoms with E-state index in [-0.39, 0.29) is 5.97 Å². The molecule has 0 saturated heterocycles. The van der Waals surface area contributed by atoms with Gasteiger partial charge in [0.2, 0.25) is 0 Å². The lowest BCUT2D eigenvalue weighted by atomic mass is 10.2. The number of allylic oxidation sites excluding steroid dienone is 12. The summed E-state index contributed by atoms with van der Waals surface area (Å²) in [5.41, 5.74) is 0. The highest BCUT2D eigenvalue weighted by atomic mass is 16.5. The van der Waals surface area contributed by atoms with Crippen molar-refractivity contribution in [3.05, 3.63) is 72.9 Å². The molecule has 0 bridgehead atoms. The Kier molecular flexibility index (Phi) is 19.3. The van der Waals surface area contributed by atoms with E-state index in [1.807, 2.05) is 13.8 Å². The van der Waals surface area contributed by atoms with Crippen LogP contribution in [0.1, 0.15) is 65.2 Å². The third kappa shape index (κ3) is 20.0. The molecule has 0 aromatic rings. The van der Waals surface area contributed by atoms with Gasteiger partial charge in [-0.25, -0.2) is 0 Å². The van der Waals surface area contributed by atoms with E-state index in [1.165, 1.54) is 0 Å². The second kappa shape index (κ2) is 21.0. The van der Waals surface area contributed by atoms with Crippen molar-refractivity contribution < 1.29 is 9.53 Å². The molecule has 0 radical (unpaired) electrons. The van der Waals surface area contributed by atoms with E-state index >= 15 is 0 Å². The van der Waals surface area contributed by atoms with Crippen molar-refractivity contribution in [1.29, 1.82) is 0 Å². The van der Waals surface area contributed by atoms with E-state index in [1.54, 1.807) is 0 Å². The van der Waals surface area contributed by atoms with Crippen molar-refractivity contribution in [2.24, 2.45) is 0 Å². The third-order valence-corrected chi connectivity index (χ3v) is 3.49. The Balaban J connectivity index is 3.51. The first-order valence-corrected chi connectivity index (χ1v) is 9.83. The fraction of sp³-hybridized carbons (Fsp3) is 0.458. The van der Waals surface area contributed by atoms with Crippen LogP contribution < -0.4 is 0 Å². The Labute approximate surface area is 160 Å². The average molecular weight is 357 g/mol. The van der Waals surface area contributed by atoms with E-state index in [0.717, 1.165) is 44.9 Å². The van der Waals surface area contributed by atoms with E-state index < -0.39 is 0 Å². The van der Waals surface area contributed by atoms with Crippen molar-refractivity contribution in [2.75, 3.05) is 6.61 Å². The minimum Gasteiger partial charge on any atom is -0.466 e. The van der Waals surface area contributed by atoms with Gasteiger partial charge in [0.1, 0.15) is 0 Å². The molecule has 0 atom stereocenters. The predicted octanol–water partition coefficient (Wildman–Crippen LogP) is 7.03. The summed E-state index contributed by atoms with van der Waals surface area (Å²) in [5.74, 6) is -0.0942. The summed E-state index contributed by atoms with van der Waals surface area (Å²) in [6.45, 7) is 4.35. The standard InChI is InChI=1S/C24H36O2/c1-3-5-6-7-8-9-10-11-12-13-14-15-16-17-18-19-20-21-22-23-24(25)26-4-2/h3,5,7-8,10-11,13-14,16-17,19-20H,4,6,9,12,15,18,21-23H2,1-2H3/b5-3-,8-7-,11-10-,14-13-,17-16-,20-19-.